The maximum absolute atomic E-state index is 10.5. The number of aromatic hydroxyl groups is 2. The second-order valence-corrected chi connectivity index (χ2v) is 2.42. The molecule has 0 radical (unpaired) electrons. The second-order valence-electron chi connectivity index (χ2n) is 2.42. The molecule has 3 N–H and O–H groups in total. The molecule has 1 aromatic carbocycles. The number of hydrogen-bond donors (Lipinski definition) is 3. The van der Waals surface area contributed by atoms with Gasteiger partial charge in [-0.1, -0.05) is 0 Å². The lowest BCUT2D eigenvalue weighted by Gasteiger charge is -2.00. The number of nitro groups is 1. The van der Waals surface area contributed by atoms with Crippen molar-refractivity contribution in [2.24, 2.45) is 0 Å². The first-order valence-corrected chi connectivity index (χ1v) is 3.37. The standard InChI is InChI=1S/C7H5NO6/c9-3-1-4(7(11)12)6(8(13)14)5(10)2-3/h1-2,9-10H,(H,11,12). The number of benzene rings is 1. The van der Waals surface area contributed by atoms with Crippen LogP contribution in [0.4, 0.5) is 5.69 Å². The minimum atomic E-state index is -1.59. The quantitative estimate of drug-likeness (QED) is 0.476. The van der Waals surface area contributed by atoms with Gasteiger partial charge in [0.15, 0.2) is 5.75 Å². The van der Waals surface area contributed by atoms with Crippen LogP contribution in [0.1, 0.15) is 10.4 Å². The van der Waals surface area contributed by atoms with Crippen molar-refractivity contribution in [2.75, 3.05) is 0 Å². The zero-order valence-electron chi connectivity index (χ0n) is 6.67. The Morgan fingerprint density at radius 2 is 1.93 bits per heavy atom. The van der Waals surface area contributed by atoms with Crippen molar-refractivity contribution in [3.05, 3.63) is 27.8 Å². The lowest BCUT2D eigenvalue weighted by molar-refractivity contribution is -0.386. The van der Waals surface area contributed by atoms with Crippen LogP contribution in [0.5, 0.6) is 11.5 Å². The van der Waals surface area contributed by atoms with Gasteiger partial charge in [0.1, 0.15) is 11.3 Å². The molecule has 0 saturated heterocycles. The zero-order valence-corrected chi connectivity index (χ0v) is 6.67. The van der Waals surface area contributed by atoms with Crippen LogP contribution in [0.2, 0.25) is 0 Å². The summed E-state index contributed by atoms with van der Waals surface area (Å²) < 4.78 is 0. The molecule has 0 unspecified atom stereocenters. The number of nitrogens with zero attached hydrogens (tertiary/aromatic N) is 1. The van der Waals surface area contributed by atoms with E-state index in [1.807, 2.05) is 0 Å². The van der Waals surface area contributed by atoms with Crippen molar-refractivity contribution in [2.45, 2.75) is 0 Å². The highest BCUT2D eigenvalue weighted by molar-refractivity contribution is 5.94. The lowest BCUT2D eigenvalue weighted by Crippen LogP contribution is -2.02. The minimum absolute atomic E-state index is 0.550. The number of carboxylic acid groups (broad SMARTS) is 1. The predicted octanol–water partition coefficient (Wildman–Crippen LogP) is 0.704. The van der Waals surface area contributed by atoms with Gasteiger partial charge in [0.05, 0.1) is 4.92 Å². The van der Waals surface area contributed by atoms with E-state index in [9.17, 15) is 14.9 Å². The molecule has 0 atom stereocenters. The summed E-state index contributed by atoms with van der Waals surface area (Å²) in [5.74, 6) is -3.03. The van der Waals surface area contributed by atoms with Gasteiger partial charge in [0, 0.05) is 12.1 Å². The van der Waals surface area contributed by atoms with E-state index in [1.54, 1.807) is 0 Å². The van der Waals surface area contributed by atoms with E-state index in [0.717, 1.165) is 0 Å². The van der Waals surface area contributed by atoms with Gasteiger partial charge in [0.25, 0.3) is 0 Å². The topological polar surface area (TPSA) is 121 Å². The first-order valence-electron chi connectivity index (χ1n) is 3.37. The van der Waals surface area contributed by atoms with E-state index >= 15 is 0 Å². The van der Waals surface area contributed by atoms with Crippen LogP contribution in [-0.2, 0) is 0 Å². The zero-order chi connectivity index (χ0) is 10.9. The van der Waals surface area contributed by atoms with Gasteiger partial charge in [-0.2, -0.15) is 0 Å². The molecule has 14 heavy (non-hydrogen) atoms. The summed E-state index contributed by atoms with van der Waals surface area (Å²) in [6.45, 7) is 0. The van der Waals surface area contributed by atoms with Crippen molar-refractivity contribution in [1.29, 1.82) is 0 Å². The molecule has 0 spiro atoms. The van der Waals surface area contributed by atoms with Crippen molar-refractivity contribution in [3.8, 4) is 11.5 Å². The van der Waals surface area contributed by atoms with Crippen LogP contribution in [-0.4, -0.2) is 26.2 Å². The Labute approximate surface area is 77.0 Å². The van der Waals surface area contributed by atoms with Gasteiger partial charge in [-0.05, 0) is 0 Å². The highest BCUT2D eigenvalue weighted by Gasteiger charge is 2.25. The maximum Gasteiger partial charge on any atom is 0.343 e. The normalized spacial score (nSPS) is 9.71. The monoisotopic (exact) mass is 199 g/mol. The third-order valence-electron chi connectivity index (χ3n) is 1.49. The van der Waals surface area contributed by atoms with Gasteiger partial charge in [-0.3, -0.25) is 10.1 Å². The molecular weight excluding hydrogens is 194 g/mol. The summed E-state index contributed by atoms with van der Waals surface area (Å²) in [6.07, 6.45) is 0. The number of aromatic carboxylic acids is 1. The van der Waals surface area contributed by atoms with Gasteiger partial charge in [-0.15, -0.1) is 0 Å². The van der Waals surface area contributed by atoms with Crippen molar-refractivity contribution >= 4 is 11.7 Å². The fourth-order valence-corrected chi connectivity index (χ4v) is 0.959. The van der Waals surface area contributed by atoms with E-state index < -0.39 is 33.6 Å². The molecule has 0 heterocycles. The number of nitro benzene ring substituents is 1. The van der Waals surface area contributed by atoms with Crippen LogP contribution in [0.25, 0.3) is 0 Å². The molecule has 7 nitrogen and oxygen atoms in total. The number of carboxylic acids is 1. The van der Waals surface area contributed by atoms with E-state index in [1.165, 1.54) is 0 Å². The Hall–Kier alpha value is -2.31. The van der Waals surface area contributed by atoms with E-state index in [0.29, 0.717) is 12.1 Å². The third-order valence-corrected chi connectivity index (χ3v) is 1.49. The first kappa shape index (κ1) is 9.78. The molecule has 7 heteroatoms. The molecule has 0 bridgehead atoms. The van der Waals surface area contributed by atoms with Crippen LogP contribution >= 0.6 is 0 Å². The summed E-state index contributed by atoms with van der Waals surface area (Å²) in [7, 11) is 0. The second kappa shape index (κ2) is 3.21. The van der Waals surface area contributed by atoms with E-state index in [2.05, 4.69) is 0 Å². The number of rotatable bonds is 2. The predicted molar refractivity (Wildman–Crippen MR) is 43.4 cm³/mol. The number of phenols is 2. The molecule has 1 rings (SSSR count). The molecule has 0 aliphatic carbocycles. The van der Waals surface area contributed by atoms with Crippen LogP contribution in [0, 0.1) is 10.1 Å². The average molecular weight is 199 g/mol. The van der Waals surface area contributed by atoms with Crippen molar-refractivity contribution in [3.63, 3.8) is 0 Å². The number of phenolic OH excluding ortho intramolecular Hbond substituents is 2. The molecule has 0 aliphatic heterocycles. The van der Waals surface area contributed by atoms with Gasteiger partial charge in [-0.25, -0.2) is 4.79 Å². The molecule has 1 aromatic rings. The summed E-state index contributed by atoms with van der Waals surface area (Å²) in [5, 5.41) is 36.8. The molecule has 0 aliphatic rings. The molecule has 74 valence electrons. The maximum atomic E-state index is 10.5. The Morgan fingerprint density at radius 1 is 1.36 bits per heavy atom. The molecule has 0 amide bonds. The summed E-state index contributed by atoms with van der Waals surface area (Å²) in [5.41, 5.74) is -1.69. The fraction of sp³-hybridized carbons (Fsp3) is 0. The van der Waals surface area contributed by atoms with Gasteiger partial charge >= 0.3 is 11.7 Å². The third kappa shape index (κ3) is 1.56. The molecule has 0 fully saturated rings. The highest BCUT2D eigenvalue weighted by atomic mass is 16.6. The average Bonchev–Trinajstić information content (AvgIpc) is 2.01. The number of hydrogen-bond acceptors (Lipinski definition) is 5. The largest absolute Gasteiger partial charge is 0.508 e. The summed E-state index contributed by atoms with van der Waals surface area (Å²) in [4.78, 5) is 19.8. The lowest BCUT2D eigenvalue weighted by atomic mass is 10.1. The van der Waals surface area contributed by atoms with Gasteiger partial charge in [0.2, 0.25) is 0 Å². The Kier molecular flexibility index (Phi) is 2.24. The van der Waals surface area contributed by atoms with E-state index in [4.69, 9.17) is 15.3 Å². The smallest absolute Gasteiger partial charge is 0.343 e. The van der Waals surface area contributed by atoms with Crippen LogP contribution in [0.15, 0.2) is 12.1 Å². The SMILES string of the molecule is O=C(O)c1cc(O)cc(O)c1[N+](=O)[O-]. The van der Waals surface area contributed by atoms with Crippen molar-refractivity contribution < 1.29 is 25.0 Å². The highest BCUT2D eigenvalue weighted by Crippen LogP contribution is 2.33. The fourth-order valence-electron chi connectivity index (χ4n) is 0.959. The minimum Gasteiger partial charge on any atom is -0.508 e. The van der Waals surface area contributed by atoms with E-state index in [-0.39, 0.29) is 0 Å². The Bertz CT molecular complexity index is 413. The number of carbonyl (C=O) groups is 1. The van der Waals surface area contributed by atoms with Crippen LogP contribution < -0.4 is 0 Å². The summed E-state index contributed by atoms with van der Waals surface area (Å²) >= 11 is 0. The van der Waals surface area contributed by atoms with Crippen LogP contribution in [0.3, 0.4) is 0 Å². The summed E-state index contributed by atoms with van der Waals surface area (Å²) in [6, 6.07) is 1.39. The molecule has 0 saturated carbocycles. The molecule has 0 aromatic heterocycles. The molecular formula is C7H5NO6. The van der Waals surface area contributed by atoms with Gasteiger partial charge < -0.3 is 15.3 Å². The Morgan fingerprint density at radius 3 is 2.36 bits per heavy atom. The Balaban J connectivity index is 3.52. The first-order chi connectivity index (χ1) is 6.43. The van der Waals surface area contributed by atoms with Crippen molar-refractivity contribution in [1.82, 2.24) is 0 Å².